The number of urea groups is 1. The van der Waals surface area contributed by atoms with Gasteiger partial charge in [0, 0.05) is 0 Å². The molecule has 0 aliphatic heterocycles. The Hall–Kier alpha value is -3.11. The number of carbonyl (C=O) groups is 2. The van der Waals surface area contributed by atoms with Gasteiger partial charge in [0.05, 0.1) is 4.47 Å². The highest BCUT2D eigenvalue weighted by molar-refractivity contribution is 9.10. The molecule has 0 fully saturated rings. The standard InChI is InChI=1S/C19H16BrN3O3/c1-12-2-4-13(5-3-12)11-26-17-7-6-14(9-16(17)20)8-15(10-21)18(24)23-19(22)25/h2-9H,11H2,1H3,(H3,22,23,24,25)/b15-8-. The number of aryl methyl sites for hydroxylation is 1. The maximum absolute atomic E-state index is 11.7. The van der Waals surface area contributed by atoms with Gasteiger partial charge in [-0.2, -0.15) is 5.26 Å². The molecule has 0 spiro atoms. The zero-order chi connectivity index (χ0) is 19.1. The molecule has 0 saturated heterocycles. The number of halogens is 1. The van der Waals surface area contributed by atoms with Crippen molar-refractivity contribution in [2.24, 2.45) is 5.73 Å². The van der Waals surface area contributed by atoms with Gasteiger partial charge in [-0.3, -0.25) is 10.1 Å². The Morgan fingerprint density at radius 3 is 2.54 bits per heavy atom. The van der Waals surface area contributed by atoms with Crippen molar-refractivity contribution in [3.8, 4) is 11.8 Å². The summed E-state index contributed by atoms with van der Waals surface area (Å²) in [5.74, 6) is -0.223. The van der Waals surface area contributed by atoms with Gasteiger partial charge in [-0.1, -0.05) is 35.9 Å². The third kappa shape index (κ3) is 5.46. The van der Waals surface area contributed by atoms with E-state index in [0.29, 0.717) is 22.4 Å². The number of primary amides is 1. The monoisotopic (exact) mass is 413 g/mol. The molecule has 0 aliphatic rings. The van der Waals surface area contributed by atoms with Crippen molar-refractivity contribution >= 4 is 33.9 Å². The fraction of sp³-hybridized carbons (Fsp3) is 0.105. The molecule has 7 heteroatoms. The molecular weight excluding hydrogens is 398 g/mol. The molecule has 2 aromatic rings. The highest BCUT2D eigenvalue weighted by atomic mass is 79.9. The van der Waals surface area contributed by atoms with Crippen LogP contribution in [-0.2, 0) is 11.4 Å². The molecule has 0 atom stereocenters. The van der Waals surface area contributed by atoms with E-state index in [2.05, 4.69) is 15.9 Å². The number of nitrogens with zero attached hydrogens (tertiary/aromatic N) is 1. The molecule has 0 aromatic heterocycles. The number of rotatable bonds is 5. The predicted octanol–water partition coefficient (Wildman–Crippen LogP) is 3.44. The number of imide groups is 1. The molecule has 0 bridgehead atoms. The molecule has 6 nitrogen and oxygen atoms in total. The Balaban J connectivity index is 2.11. The van der Waals surface area contributed by atoms with Crippen LogP contribution in [0.5, 0.6) is 5.75 Å². The summed E-state index contributed by atoms with van der Waals surface area (Å²) in [7, 11) is 0. The zero-order valence-electron chi connectivity index (χ0n) is 14.0. The second kappa shape index (κ2) is 8.83. The lowest BCUT2D eigenvalue weighted by Gasteiger charge is -2.09. The lowest BCUT2D eigenvalue weighted by atomic mass is 10.1. The van der Waals surface area contributed by atoms with Gasteiger partial charge in [0.2, 0.25) is 0 Å². The van der Waals surface area contributed by atoms with E-state index in [0.717, 1.165) is 5.56 Å². The van der Waals surface area contributed by atoms with E-state index in [4.69, 9.17) is 15.7 Å². The number of nitrogens with one attached hydrogen (secondary N) is 1. The van der Waals surface area contributed by atoms with E-state index in [1.54, 1.807) is 24.3 Å². The maximum atomic E-state index is 11.7. The van der Waals surface area contributed by atoms with Crippen molar-refractivity contribution in [2.75, 3.05) is 0 Å². The molecule has 132 valence electrons. The number of nitrogens with two attached hydrogens (primary N) is 1. The molecule has 3 amide bonds. The number of hydrogen-bond acceptors (Lipinski definition) is 4. The SMILES string of the molecule is Cc1ccc(COc2ccc(/C=C(/C#N)C(=O)NC(N)=O)cc2Br)cc1. The topological polar surface area (TPSA) is 105 Å². The van der Waals surface area contributed by atoms with Gasteiger partial charge in [-0.05, 0) is 52.2 Å². The van der Waals surface area contributed by atoms with Crippen LogP contribution in [0.2, 0.25) is 0 Å². The summed E-state index contributed by atoms with van der Waals surface area (Å²) < 4.78 is 6.45. The summed E-state index contributed by atoms with van der Waals surface area (Å²) in [5, 5.41) is 10.9. The van der Waals surface area contributed by atoms with Crippen molar-refractivity contribution < 1.29 is 14.3 Å². The summed E-state index contributed by atoms with van der Waals surface area (Å²) in [5.41, 5.74) is 7.47. The van der Waals surface area contributed by atoms with Gasteiger partial charge in [-0.25, -0.2) is 4.79 Å². The largest absolute Gasteiger partial charge is 0.488 e. The van der Waals surface area contributed by atoms with Crippen LogP contribution in [0.3, 0.4) is 0 Å². The molecular formula is C19H16BrN3O3. The van der Waals surface area contributed by atoms with Gasteiger partial charge in [0.1, 0.15) is 24.0 Å². The summed E-state index contributed by atoms with van der Waals surface area (Å²) in [6.45, 7) is 2.44. The molecule has 3 N–H and O–H groups in total. The summed E-state index contributed by atoms with van der Waals surface area (Å²) in [6.07, 6.45) is 1.35. The fourth-order valence-corrected chi connectivity index (χ4v) is 2.57. The lowest BCUT2D eigenvalue weighted by Crippen LogP contribution is -2.35. The summed E-state index contributed by atoms with van der Waals surface area (Å²) in [6, 6.07) is 13.9. The number of nitriles is 1. The van der Waals surface area contributed by atoms with Gasteiger partial charge < -0.3 is 10.5 Å². The average Bonchev–Trinajstić information content (AvgIpc) is 2.59. The normalized spacial score (nSPS) is 10.7. The van der Waals surface area contributed by atoms with E-state index in [-0.39, 0.29) is 5.57 Å². The first-order chi connectivity index (χ1) is 12.4. The molecule has 0 saturated carbocycles. The molecule has 2 rings (SSSR count). The van der Waals surface area contributed by atoms with Crippen molar-refractivity contribution in [2.45, 2.75) is 13.5 Å². The highest BCUT2D eigenvalue weighted by Crippen LogP contribution is 2.27. The number of ether oxygens (including phenoxy) is 1. The first-order valence-corrected chi connectivity index (χ1v) is 8.39. The predicted molar refractivity (Wildman–Crippen MR) is 101 cm³/mol. The number of benzene rings is 2. The number of hydrogen-bond donors (Lipinski definition) is 2. The number of amides is 3. The van der Waals surface area contributed by atoms with Gasteiger partial charge >= 0.3 is 6.03 Å². The van der Waals surface area contributed by atoms with Gasteiger partial charge in [-0.15, -0.1) is 0 Å². The van der Waals surface area contributed by atoms with E-state index in [1.807, 2.05) is 36.5 Å². The van der Waals surface area contributed by atoms with E-state index in [1.165, 1.54) is 11.6 Å². The number of carbonyl (C=O) groups excluding carboxylic acids is 2. The minimum Gasteiger partial charge on any atom is -0.488 e. The Kier molecular flexibility index (Phi) is 6.53. The minimum atomic E-state index is -1.02. The van der Waals surface area contributed by atoms with Crippen molar-refractivity contribution in [3.63, 3.8) is 0 Å². The Morgan fingerprint density at radius 1 is 1.27 bits per heavy atom. The third-order valence-corrected chi connectivity index (χ3v) is 4.00. The summed E-state index contributed by atoms with van der Waals surface area (Å²) >= 11 is 3.41. The smallest absolute Gasteiger partial charge is 0.319 e. The Bertz CT molecular complexity index is 899. The van der Waals surface area contributed by atoms with E-state index in [9.17, 15) is 9.59 Å². The van der Waals surface area contributed by atoms with Crippen LogP contribution in [0.25, 0.3) is 6.08 Å². The molecule has 26 heavy (non-hydrogen) atoms. The maximum Gasteiger partial charge on any atom is 0.319 e. The third-order valence-electron chi connectivity index (χ3n) is 3.38. The Morgan fingerprint density at radius 2 is 1.96 bits per heavy atom. The van der Waals surface area contributed by atoms with Crippen molar-refractivity contribution in [3.05, 3.63) is 69.2 Å². The van der Waals surface area contributed by atoms with Crippen LogP contribution in [0.1, 0.15) is 16.7 Å². The van der Waals surface area contributed by atoms with Crippen LogP contribution in [-0.4, -0.2) is 11.9 Å². The Labute approximate surface area is 159 Å². The fourth-order valence-electron chi connectivity index (χ4n) is 2.06. The van der Waals surface area contributed by atoms with Crippen molar-refractivity contribution in [1.29, 1.82) is 5.26 Å². The van der Waals surface area contributed by atoms with Crippen LogP contribution in [0.15, 0.2) is 52.5 Å². The van der Waals surface area contributed by atoms with Crippen LogP contribution in [0, 0.1) is 18.3 Å². The molecule has 0 heterocycles. The minimum absolute atomic E-state index is 0.232. The van der Waals surface area contributed by atoms with Crippen molar-refractivity contribution in [1.82, 2.24) is 5.32 Å². The molecule has 0 radical (unpaired) electrons. The zero-order valence-corrected chi connectivity index (χ0v) is 15.5. The lowest BCUT2D eigenvalue weighted by molar-refractivity contribution is -0.115. The molecule has 2 aromatic carbocycles. The first kappa shape index (κ1) is 19.2. The quantitative estimate of drug-likeness (QED) is 0.578. The molecule has 0 unspecified atom stereocenters. The van der Waals surface area contributed by atoms with Crippen LogP contribution in [0.4, 0.5) is 4.79 Å². The second-order valence-corrected chi connectivity index (χ2v) is 6.31. The second-order valence-electron chi connectivity index (χ2n) is 5.45. The average molecular weight is 414 g/mol. The first-order valence-electron chi connectivity index (χ1n) is 7.59. The highest BCUT2D eigenvalue weighted by Gasteiger charge is 2.11. The van der Waals surface area contributed by atoms with Gasteiger partial charge in [0.15, 0.2) is 0 Å². The van der Waals surface area contributed by atoms with E-state index >= 15 is 0 Å². The van der Waals surface area contributed by atoms with Crippen LogP contribution >= 0.6 is 15.9 Å². The van der Waals surface area contributed by atoms with Gasteiger partial charge in [0.25, 0.3) is 5.91 Å². The molecule has 0 aliphatic carbocycles. The summed E-state index contributed by atoms with van der Waals surface area (Å²) in [4.78, 5) is 22.4. The van der Waals surface area contributed by atoms with Crippen LogP contribution < -0.4 is 15.8 Å². The van der Waals surface area contributed by atoms with E-state index < -0.39 is 11.9 Å².